The SMILES string of the molecule is Cc1c(CCCOC(=O)CNC(=O)OCc2ccccc2)[nH]c(=S)[nH]c1=O. The Kier molecular flexibility index (Phi) is 7.75. The van der Waals surface area contributed by atoms with Crippen molar-refractivity contribution in [1.82, 2.24) is 15.3 Å². The number of ether oxygens (including phenoxy) is 2. The molecule has 0 spiro atoms. The second kappa shape index (κ2) is 10.3. The highest BCUT2D eigenvalue weighted by atomic mass is 32.1. The van der Waals surface area contributed by atoms with E-state index < -0.39 is 12.1 Å². The van der Waals surface area contributed by atoms with Gasteiger partial charge in [-0.2, -0.15) is 0 Å². The summed E-state index contributed by atoms with van der Waals surface area (Å²) in [5.41, 5.74) is 1.88. The number of alkyl carbamates (subject to hydrolysis) is 1. The average molecular weight is 391 g/mol. The Morgan fingerprint density at radius 1 is 1.15 bits per heavy atom. The van der Waals surface area contributed by atoms with Gasteiger partial charge in [0, 0.05) is 11.3 Å². The lowest BCUT2D eigenvalue weighted by molar-refractivity contribution is -0.142. The Balaban J connectivity index is 1.63. The van der Waals surface area contributed by atoms with Crippen molar-refractivity contribution in [2.24, 2.45) is 0 Å². The maximum absolute atomic E-state index is 11.6. The quantitative estimate of drug-likeness (QED) is 0.361. The molecule has 144 valence electrons. The zero-order valence-electron chi connectivity index (χ0n) is 14.9. The molecule has 0 aliphatic carbocycles. The number of hydrogen-bond acceptors (Lipinski definition) is 6. The number of carbonyl (C=O) groups is 2. The molecule has 3 N–H and O–H groups in total. The summed E-state index contributed by atoms with van der Waals surface area (Å²) in [6.45, 7) is 1.70. The number of amides is 1. The van der Waals surface area contributed by atoms with Crippen LogP contribution >= 0.6 is 12.2 Å². The van der Waals surface area contributed by atoms with Crippen molar-refractivity contribution in [2.45, 2.75) is 26.4 Å². The number of rotatable bonds is 8. The Morgan fingerprint density at radius 2 is 1.89 bits per heavy atom. The molecule has 1 aromatic carbocycles. The number of nitrogens with one attached hydrogen (secondary N) is 3. The van der Waals surface area contributed by atoms with Gasteiger partial charge in [0.15, 0.2) is 4.77 Å². The number of hydrogen-bond donors (Lipinski definition) is 3. The summed E-state index contributed by atoms with van der Waals surface area (Å²) in [6.07, 6.45) is 0.335. The molecule has 0 saturated carbocycles. The predicted octanol–water partition coefficient (Wildman–Crippen LogP) is 2.14. The van der Waals surface area contributed by atoms with Gasteiger partial charge < -0.3 is 19.8 Å². The van der Waals surface area contributed by atoms with Crippen molar-refractivity contribution in [2.75, 3.05) is 13.2 Å². The molecular formula is C18H21N3O5S. The fraction of sp³-hybridized carbons (Fsp3) is 0.333. The lowest BCUT2D eigenvalue weighted by atomic mass is 10.1. The van der Waals surface area contributed by atoms with E-state index in [1.165, 1.54) is 0 Å². The van der Waals surface area contributed by atoms with E-state index in [4.69, 9.17) is 21.7 Å². The fourth-order valence-electron chi connectivity index (χ4n) is 2.25. The van der Waals surface area contributed by atoms with Crippen LogP contribution in [0.15, 0.2) is 35.1 Å². The molecule has 0 bridgehead atoms. The molecule has 0 aliphatic rings. The zero-order valence-corrected chi connectivity index (χ0v) is 15.7. The van der Waals surface area contributed by atoms with Gasteiger partial charge in [-0.3, -0.25) is 14.6 Å². The smallest absolute Gasteiger partial charge is 0.407 e. The van der Waals surface area contributed by atoms with Crippen molar-refractivity contribution in [3.63, 3.8) is 0 Å². The number of carbonyl (C=O) groups excluding carboxylic acids is 2. The standard InChI is InChI=1S/C18H21N3O5S/c1-12-14(20-17(27)21-16(12)23)8-5-9-25-15(22)10-19-18(24)26-11-13-6-3-2-4-7-13/h2-4,6-7H,5,8-11H2,1H3,(H,19,24)(H2,20,21,23,27). The summed E-state index contributed by atoms with van der Waals surface area (Å²) >= 11 is 4.93. The van der Waals surface area contributed by atoms with E-state index in [2.05, 4.69) is 15.3 Å². The summed E-state index contributed by atoms with van der Waals surface area (Å²) in [5, 5.41) is 2.33. The Morgan fingerprint density at radius 3 is 2.63 bits per heavy atom. The average Bonchev–Trinajstić information content (AvgIpc) is 2.66. The molecule has 0 fully saturated rings. The third-order valence-corrected chi connectivity index (χ3v) is 3.91. The summed E-state index contributed by atoms with van der Waals surface area (Å²) < 4.78 is 10.3. The van der Waals surface area contributed by atoms with Crippen LogP contribution in [0.25, 0.3) is 0 Å². The number of aryl methyl sites for hydroxylation is 1. The lowest BCUT2D eigenvalue weighted by Gasteiger charge is -2.08. The summed E-state index contributed by atoms with van der Waals surface area (Å²) in [6, 6.07) is 9.21. The second-order valence-electron chi connectivity index (χ2n) is 5.75. The molecule has 27 heavy (non-hydrogen) atoms. The van der Waals surface area contributed by atoms with Crippen molar-refractivity contribution < 1.29 is 19.1 Å². The Bertz CT molecular complexity index is 892. The van der Waals surface area contributed by atoms with E-state index in [0.29, 0.717) is 24.1 Å². The van der Waals surface area contributed by atoms with Crippen LogP contribution in [0, 0.1) is 11.7 Å². The molecular weight excluding hydrogens is 370 g/mol. The van der Waals surface area contributed by atoms with Gasteiger partial charge >= 0.3 is 12.1 Å². The van der Waals surface area contributed by atoms with Gasteiger partial charge in [-0.15, -0.1) is 0 Å². The molecule has 0 aliphatic heterocycles. The summed E-state index contributed by atoms with van der Waals surface area (Å²) in [5.74, 6) is -0.567. The highest BCUT2D eigenvalue weighted by Crippen LogP contribution is 2.03. The molecule has 1 amide bonds. The summed E-state index contributed by atoms with van der Waals surface area (Å²) in [4.78, 5) is 40.2. The van der Waals surface area contributed by atoms with E-state index >= 15 is 0 Å². The van der Waals surface area contributed by atoms with E-state index in [0.717, 1.165) is 5.56 Å². The topological polar surface area (TPSA) is 113 Å². The van der Waals surface area contributed by atoms with Gasteiger partial charge in [-0.05, 0) is 37.5 Å². The second-order valence-corrected chi connectivity index (χ2v) is 6.16. The first-order valence-corrected chi connectivity index (χ1v) is 8.79. The van der Waals surface area contributed by atoms with Crippen LogP contribution < -0.4 is 10.9 Å². The van der Waals surface area contributed by atoms with Crippen LogP contribution in [0.3, 0.4) is 0 Å². The largest absolute Gasteiger partial charge is 0.464 e. The minimum atomic E-state index is -0.692. The van der Waals surface area contributed by atoms with Crippen LogP contribution in [0.1, 0.15) is 23.2 Å². The molecule has 2 rings (SSSR count). The lowest BCUT2D eigenvalue weighted by Crippen LogP contribution is -2.31. The normalized spacial score (nSPS) is 10.3. The molecule has 0 atom stereocenters. The van der Waals surface area contributed by atoms with Crippen molar-refractivity contribution >= 4 is 24.3 Å². The van der Waals surface area contributed by atoms with Crippen LogP contribution in [0.4, 0.5) is 4.79 Å². The minimum Gasteiger partial charge on any atom is -0.464 e. The van der Waals surface area contributed by atoms with Gasteiger partial charge in [0.2, 0.25) is 0 Å². The van der Waals surface area contributed by atoms with Gasteiger partial charge in [0.1, 0.15) is 13.2 Å². The van der Waals surface area contributed by atoms with Gasteiger partial charge in [0.05, 0.1) is 6.61 Å². The molecule has 1 heterocycles. The van der Waals surface area contributed by atoms with Crippen LogP contribution in [-0.4, -0.2) is 35.2 Å². The van der Waals surface area contributed by atoms with Crippen molar-refractivity contribution in [1.29, 1.82) is 0 Å². The van der Waals surface area contributed by atoms with E-state index in [1.807, 2.05) is 30.3 Å². The first kappa shape index (κ1) is 20.4. The van der Waals surface area contributed by atoms with Gasteiger partial charge in [0.25, 0.3) is 5.56 Å². The van der Waals surface area contributed by atoms with Crippen LogP contribution in [0.2, 0.25) is 0 Å². The number of esters is 1. The van der Waals surface area contributed by atoms with E-state index in [-0.39, 0.29) is 30.1 Å². The first-order valence-electron chi connectivity index (χ1n) is 8.38. The Labute approximate surface area is 160 Å². The van der Waals surface area contributed by atoms with Gasteiger partial charge in [-0.25, -0.2) is 4.79 Å². The fourth-order valence-corrected chi connectivity index (χ4v) is 2.47. The molecule has 0 radical (unpaired) electrons. The number of aromatic nitrogens is 2. The molecule has 1 aromatic heterocycles. The maximum atomic E-state index is 11.6. The molecule has 0 saturated heterocycles. The molecule has 0 unspecified atom stereocenters. The molecule has 8 nitrogen and oxygen atoms in total. The third-order valence-electron chi connectivity index (χ3n) is 3.71. The number of H-pyrrole nitrogens is 2. The minimum absolute atomic E-state index is 0.124. The van der Waals surface area contributed by atoms with Crippen molar-refractivity contribution in [3.05, 3.63) is 62.3 Å². The monoisotopic (exact) mass is 391 g/mol. The Hall–Kier alpha value is -2.94. The van der Waals surface area contributed by atoms with Crippen LogP contribution in [0.5, 0.6) is 0 Å². The number of aromatic amines is 2. The maximum Gasteiger partial charge on any atom is 0.407 e. The van der Waals surface area contributed by atoms with Crippen molar-refractivity contribution in [3.8, 4) is 0 Å². The van der Waals surface area contributed by atoms with Gasteiger partial charge in [-0.1, -0.05) is 30.3 Å². The highest BCUT2D eigenvalue weighted by molar-refractivity contribution is 7.71. The number of benzene rings is 1. The first-order chi connectivity index (χ1) is 13.0. The van der Waals surface area contributed by atoms with E-state index in [1.54, 1.807) is 6.92 Å². The molecule has 9 heteroatoms. The third kappa shape index (κ3) is 7.06. The highest BCUT2D eigenvalue weighted by Gasteiger charge is 2.08. The zero-order chi connectivity index (χ0) is 19.6. The predicted molar refractivity (Wildman–Crippen MR) is 101 cm³/mol. The summed E-state index contributed by atoms with van der Waals surface area (Å²) in [7, 11) is 0. The van der Waals surface area contributed by atoms with Crippen LogP contribution in [-0.2, 0) is 27.3 Å². The van der Waals surface area contributed by atoms with E-state index in [9.17, 15) is 14.4 Å². The molecule has 2 aromatic rings.